The smallest absolute Gasteiger partial charge is 0.326 e. The molecule has 1 aliphatic heterocycles. The van der Waals surface area contributed by atoms with E-state index in [1.165, 1.54) is 0 Å². The Labute approximate surface area is 149 Å². The predicted octanol–water partition coefficient (Wildman–Crippen LogP) is -2.00. The molecule has 7 N–H and O–H groups in total. The number of carbonyl (C=O) groups excluding carboxylic acids is 3. The summed E-state index contributed by atoms with van der Waals surface area (Å²) in [5.41, 5.74) is 10.6. The number of nitrogens with one attached hydrogen (secondary N) is 1. The molecule has 0 aromatic carbocycles. The Morgan fingerprint density at radius 2 is 1.77 bits per heavy atom. The summed E-state index contributed by atoms with van der Waals surface area (Å²) in [6.45, 7) is 0.211. The van der Waals surface area contributed by atoms with Crippen LogP contribution in [0, 0.1) is 0 Å². The average molecular weight is 372 g/mol. The zero-order valence-electron chi connectivity index (χ0n) is 14.2. The van der Waals surface area contributed by atoms with E-state index in [1.54, 1.807) is 0 Å². The first kappa shape index (κ1) is 21.4. The summed E-state index contributed by atoms with van der Waals surface area (Å²) in [6, 6.07) is -3.31. The van der Waals surface area contributed by atoms with Gasteiger partial charge in [-0.15, -0.1) is 0 Å². The largest absolute Gasteiger partial charge is 0.481 e. The maximum absolute atomic E-state index is 12.6. The van der Waals surface area contributed by atoms with Crippen LogP contribution < -0.4 is 16.8 Å². The van der Waals surface area contributed by atoms with E-state index in [-0.39, 0.29) is 25.8 Å². The van der Waals surface area contributed by atoms with Crippen LogP contribution in [0.15, 0.2) is 0 Å². The second-order valence-corrected chi connectivity index (χ2v) is 6.13. The molecule has 1 heterocycles. The summed E-state index contributed by atoms with van der Waals surface area (Å²) in [7, 11) is 0. The molecular formula is C15H24N4O7. The van der Waals surface area contributed by atoms with Crippen molar-refractivity contribution in [2.45, 2.75) is 56.7 Å². The molecule has 3 amide bonds. The Bertz CT molecular complexity index is 580. The Morgan fingerprint density at radius 3 is 2.31 bits per heavy atom. The normalized spacial score (nSPS) is 18.8. The highest BCUT2D eigenvalue weighted by Gasteiger charge is 2.38. The van der Waals surface area contributed by atoms with Crippen molar-refractivity contribution >= 4 is 29.7 Å². The molecule has 26 heavy (non-hydrogen) atoms. The van der Waals surface area contributed by atoms with E-state index < -0.39 is 54.2 Å². The summed E-state index contributed by atoms with van der Waals surface area (Å²) in [5, 5.41) is 20.4. The second kappa shape index (κ2) is 9.70. The lowest BCUT2D eigenvalue weighted by Crippen LogP contribution is -2.54. The van der Waals surface area contributed by atoms with E-state index in [4.69, 9.17) is 16.6 Å². The molecule has 3 atom stereocenters. The SMILES string of the molecule is NC(=O)CCC(N)C(=O)NC(CCC(=O)O)C(=O)N1CCCC1C(=O)O. The number of likely N-dealkylation sites (tertiary alicyclic amines) is 1. The monoisotopic (exact) mass is 372 g/mol. The molecular weight excluding hydrogens is 348 g/mol. The van der Waals surface area contributed by atoms with Crippen molar-refractivity contribution in [1.82, 2.24) is 10.2 Å². The van der Waals surface area contributed by atoms with Gasteiger partial charge < -0.3 is 31.9 Å². The van der Waals surface area contributed by atoms with Gasteiger partial charge in [-0.05, 0) is 25.7 Å². The molecule has 0 bridgehead atoms. The Morgan fingerprint density at radius 1 is 1.12 bits per heavy atom. The Balaban J connectivity index is 2.81. The van der Waals surface area contributed by atoms with Crippen LogP contribution in [0.3, 0.4) is 0 Å². The van der Waals surface area contributed by atoms with E-state index in [0.717, 1.165) is 4.90 Å². The average Bonchev–Trinajstić information content (AvgIpc) is 3.05. The lowest BCUT2D eigenvalue weighted by Gasteiger charge is -2.27. The Kier molecular flexibility index (Phi) is 7.97. The van der Waals surface area contributed by atoms with Gasteiger partial charge in [0.15, 0.2) is 0 Å². The predicted molar refractivity (Wildman–Crippen MR) is 87.6 cm³/mol. The van der Waals surface area contributed by atoms with Gasteiger partial charge in [-0.1, -0.05) is 0 Å². The highest BCUT2D eigenvalue weighted by Crippen LogP contribution is 2.19. The standard InChI is InChI=1S/C15H24N4O7/c16-8(3-5-11(17)20)13(23)18-9(4-6-12(21)22)14(24)19-7-1-2-10(19)15(25)26/h8-10H,1-7,16H2,(H2,17,20)(H,18,23)(H,21,22)(H,25,26). The Hall–Kier alpha value is -2.69. The van der Waals surface area contributed by atoms with Crippen molar-refractivity contribution < 1.29 is 34.2 Å². The molecule has 3 unspecified atom stereocenters. The number of nitrogens with two attached hydrogens (primary N) is 2. The summed E-state index contributed by atoms with van der Waals surface area (Å²) in [4.78, 5) is 58.7. The van der Waals surface area contributed by atoms with Crippen molar-refractivity contribution in [3.63, 3.8) is 0 Å². The molecule has 11 nitrogen and oxygen atoms in total. The van der Waals surface area contributed by atoms with Crippen LogP contribution >= 0.6 is 0 Å². The number of hydrogen-bond acceptors (Lipinski definition) is 6. The number of aliphatic carboxylic acids is 2. The maximum atomic E-state index is 12.6. The highest BCUT2D eigenvalue weighted by molar-refractivity contribution is 5.92. The fourth-order valence-electron chi connectivity index (χ4n) is 2.72. The fourth-order valence-corrected chi connectivity index (χ4v) is 2.72. The molecule has 0 saturated carbocycles. The zero-order valence-corrected chi connectivity index (χ0v) is 14.2. The van der Waals surface area contributed by atoms with Crippen LogP contribution in [0.4, 0.5) is 0 Å². The summed E-state index contributed by atoms with van der Waals surface area (Å²) < 4.78 is 0. The van der Waals surface area contributed by atoms with Crippen LogP contribution in [0.1, 0.15) is 38.5 Å². The quantitative estimate of drug-likeness (QED) is 0.290. The molecule has 1 saturated heterocycles. The van der Waals surface area contributed by atoms with Gasteiger partial charge in [0.1, 0.15) is 12.1 Å². The van der Waals surface area contributed by atoms with Gasteiger partial charge in [-0.3, -0.25) is 19.2 Å². The van der Waals surface area contributed by atoms with Crippen molar-refractivity contribution in [3.8, 4) is 0 Å². The lowest BCUT2D eigenvalue weighted by atomic mass is 10.1. The van der Waals surface area contributed by atoms with Crippen LogP contribution in [0.5, 0.6) is 0 Å². The highest BCUT2D eigenvalue weighted by atomic mass is 16.4. The van der Waals surface area contributed by atoms with E-state index in [9.17, 15) is 29.1 Å². The van der Waals surface area contributed by atoms with Gasteiger partial charge in [-0.2, -0.15) is 0 Å². The minimum Gasteiger partial charge on any atom is -0.481 e. The minimum atomic E-state index is -1.21. The topological polar surface area (TPSA) is 193 Å². The first-order valence-electron chi connectivity index (χ1n) is 8.22. The number of amides is 3. The van der Waals surface area contributed by atoms with Crippen LogP contribution in [-0.4, -0.2) is 69.4 Å². The molecule has 1 aliphatic rings. The van der Waals surface area contributed by atoms with E-state index >= 15 is 0 Å². The molecule has 1 rings (SSSR count). The molecule has 0 aromatic heterocycles. The molecule has 0 aliphatic carbocycles. The summed E-state index contributed by atoms with van der Waals surface area (Å²) >= 11 is 0. The third-order valence-electron chi connectivity index (χ3n) is 4.12. The number of hydrogen-bond donors (Lipinski definition) is 5. The zero-order chi connectivity index (χ0) is 19.9. The van der Waals surface area contributed by atoms with Gasteiger partial charge in [0.2, 0.25) is 17.7 Å². The van der Waals surface area contributed by atoms with E-state index in [1.807, 2.05) is 0 Å². The van der Waals surface area contributed by atoms with Crippen molar-refractivity contribution in [2.24, 2.45) is 11.5 Å². The van der Waals surface area contributed by atoms with Crippen LogP contribution in [0.2, 0.25) is 0 Å². The summed E-state index contributed by atoms with van der Waals surface area (Å²) in [5.74, 6) is -4.34. The van der Waals surface area contributed by atoms with Gasteiger partial charge in [-0.25, -0.2) is 4.79 Å². The van der Waals surface area contributed by atoms with Crippen molar-refractivity contribution in [2.75, 3.05) is 6.54 Å². The molecule has 11 heteroatoms. The molecule has 146 valence electrons. The fraction of sp³-hybridized carbons (Fsp3) is 0.667. The number of rotatable bonds is 10. The van der Waals surface area contributed by atoms with Crippen LogP contribution in [-0.2, 0) is 24.0 Å². The van der Waals surface area contributed by atoms with Gasteiger partial charge in [0, 0.05) is 19.4 Å². The van der Waals surface area contributed by atoms with Crippen molar-refractivity contribution in [3.05, 3.63) is 0 Å². The van der Waals surface area contributed by atoms with Crippen LogP contribution in [0.25, 0.3) is 0 Å². The van der Waals surface area contributed by atoms with E-state index in [0.29, 0.717) is 12.8 Å². The number of carboxylic acid groups (broad SMARTS) is 2. The second-order valence-electron chi connectivity index (χ2n) is 6.13. The summed E-state index contributed by atoms with van der Waals surface area (Å²) in [6.07, 6.45) is 0.0569. The molecule has 0 spiro atoms. The van der Waals surface area contributed by atoms with Crippen molar-refractivity contribution in [1.29, 1.82) is 0 Å². The van der Waals surface area contributed by atoms with E-state index in [2.05, 4.69) is 5.32 Å². The third-order valence-corrected chi connectivity index (χ3v) is 4.12. The lowest BCUT2D eigenvalue weighted by molar-refractivity contribution is -0.150. The van der Waals surface area contributed by atoms with Gasteiger partial charge in [0.25, 0.3) is 0 Å². The molecule has 0 radical (unpaired) electrons. The minimum absolute atomic E-state index is 0.0253. The number of primary amides is 1. The number of nitrogens with zero attached hydrogens (tertiary/aromatic N) is 1. The first-order valence-corrected chi connectivity index (χ1v) is 8.22. The molecule has 0 aromatic rings. The molecule has 1 fully saturated rings. The first-order chi connectivity index (χ1) is 12.1. The number of carbonyl (C=O) groups is 5. The third kappa shape index (κ3) is 6.31. The number of carboxylic acids is 2. The maximum Gasteiger partial charge on any atom is 0.326 e. The van der Waals surface area contributed by atoms with Gasteiger partial charge in [0.05, 0.1) is 6.04 Å². The van der Waals surface area contributed by atoms with Gasteiger partial charge >= 0.3 is 11.9 Å².